The maximum atomic E-state index is 12.1. The van der Waals surface area contributed by atoms with Crippen LogP contribution in [0.15, 0.2) is 53.5 Å². The molecule has 0 bridgehead atoms. The Bertz CT molecular complexity index is 1100. The number of ether oxygens (including phenoxy) is 1. The number of hydrogen-bond acceptors (Lipinski definition) is 5. The highest BCUT2D eigenvalue weighted by molar-refractivity contribution is 7.16. The number of methoxy groups -OCH3 is 1. The zero-order valence-electron chi connectivity index (χ0n) is 14.1. The van der Waals surface area contributed by atoms with E-state index in [4.69, 9.17) is 4.74 Å². The van der Waals surface area contributed by atoms with Crippen LogP contribution in [-0.2, 0) is 11.8 Å². The Labute approximate surface area is 152 Å². The lowest BCUT2D eigenvalue weighted by Gasteiger charge is -1.99. The third-order valence-electron chi connectivity index (χ3n) is 3.72. The van der Waals surface area contributed by atoms with Crippen LogP contribution >= 0.6 is 11.3 Å². The van der Waals surface area contributed by atoms with Gasteiger partial charge in [-0.1, -0.05) is 23.5 Å². The molecule has 1 amide bonds. The van der Waals surface area contributed by atoms with E-state index in [0.717, 1.165) is 16.0 Å². The number of non-ortho nitro benzene ring substituents is 1. The standard InChI is InChI=1S/C18H15N3O4S/c1-20-15-8-7-14(25-2)11-16(15)26-18(20)19-17(22)9-6-12-4-3-5-13(10-12)21(23)24/h3-11H,1-2H3. The minimum absolute atomic E-state index is 0.0265. The molecule has 0 aliphatic rings. The van der Waals surface area contributed by atoms with Crippen LogP contribution in [0.5, 0.6) is 5.75 Å². The van der Waals surface area contributed by atoms with E-state index in [2.05, 4.69) is 4.99 Å². The summed E-state index contributed by atoms with van der Waals surface area (Å²) in [5, 5.41) is 10.8. The zero-order valence-corrected chi connectivity index (χ0v) is 14.9. The zero-order chi connectivity index (χ0) is 18.7. The first-order chi connectivity index (χ1) is 12.5. The summed E-state index contributed by atoms with van der Waals surface area (Å²) >= 11 is 1.38. The van der Waals surface area contributed by atoms with Crippen molar-refractivity contribution in [1.82, 2.24) is 4.57 Å². The molecule has 3 rings (SSSR count). The van der Waals surface area contributed by atoms with E-state index in [1.54, 1.807) is 19.2 Å². The van der Waals surface area contributed by atoms with Gasteiger partial charge in [0.05, 0.1) is 22.2 Å². The van der Waals surface area contributed by atoms with Crippen LogP contribution in [0.2, 0.25) is 0 Å². The average molecular weight is 369 g/mol. The first kappa shape index (κ1) is 17.6. The Hall–Kier alpha value is -3.26. The Kier molecular flexibility index (Phi) is 4.94. The lowest BCUT2D eigenvalue weighted by Crippen LogP contribution is -2.12. The lowest BCUT2D eigenvalue weighted by atomic mass is 10.2. The minimum atomic E-state index is -0.477. The van der Waals surface area contributed by atoms with Gasteiger partial charge in [-0.3, -0.25) is 14.9 Å². The Morgan fingerprint density at radius 2 is 2.12 bits per heavy atom. The second-order valence-corrected chi connectivity index (χ2v) is 6.42. The summed E-state index contributed by atoms with van der Waals surface area (Å²) in [5.41, 5.74) is 1.49. The fourth-order valence-electron chi connectivity index (χ4n) is 2.39. The maximum absolute atomic E-state index is 12.1. The number of aromatic nitrogens is 1. The molecule has 0 fully saturated rings. The monoisotopic (exact) mass is 369 g/mol. The largest absolute Gasteiger partial charge is 0.497 e. The molecule has 1 aromatic heterocycles. The molecule has 0 unspecified atom stereocenters. The summed E-state index contributed by atoms with van der Waals surface area (Å²) in [7, 11) is 3.43. The number of amides is 1. The molecular weight excluding hydrogens is 354 g/mol. The van der Waals surface area contributed by atoms with Crippen LogP contribution < -0.4 is 9.54 Å². The number of nitrogens with zero attached hydrogens (tertiary/aromatic N) is 3. The van der Waals surface area contributed by atoms with Gasteiger partial charge in [0.1, 0.15) is 5.75 Å². The molecule has 0 saturated heterocycles. The second kappa shape index (κ2) is 7.32. The first-order valence-electron chi connectivity index (χ1n) is 7.63. The lowest BCUT2D eigenvalue weighted by molar-refractivity contribution is -0.384. The van der Waals surface area contributed by atoms with E-state index in [-0.39, 0.29) is 5.69 Å². The van der Waals surface area contributed by atoms with Gasteiger partial charge in [-0.05, 0) is 29.8 Å². The predicted octanol–water partition coefficient (Wildman–Crippen LogP) is 3.30. The number of hydrogen-bond donors (Lipinski definition) is 0. The van der Waals surface area contributed by atoms with E-state index in [1.807, 2.05) is 29.8 Å². The molecule has 0 spiro atoms. The van der Waals surface area contributed by atoms with Crippen LogP contribution in [0.3, 0.4) is 0 Å². The molecule has 2 aromatic carbocycles. The number of nitro benzene ring substituents is 1. The third kappa shape index (κ3) is 3.70. The van der Waals surface area contributed by atoms with Crippen molar-refractivity contribution in [1.29, 1.82) is 0 Å². The number of fused-ring (bicyclic) bond motifs is 1. The quantitative estimate of drug-likeness (QED) is 0.401. The molecular formula is C18H15N3O4S. The average Bonchev–Trinajstić information content (AvgIpc) is 2.95. The van der Waals surface area contributed by atoms with E-state index in [1.165, 1.54) is 35.6 Å². The summed E-state index contributed by atoms with van der Waals surface area (Å²) in [4.78, 5) is 27.1. The SMILES string of the molecule is COc1ccc2c(c1)sc(=NC(=O)C=Cc1cccc([N+](=O)[O-])c1)n2C. The first-order valence-corrected chi connectivity index (χ1v) is 8.44. The Morgan fingerprint density at radius 1 is 1.31 bits per heavy atom. The van der Waals surface area contributed by atoms with Crippen LogP contribution in [0.1, 0.15) is 5.56 Å². The number of benzene rings is 2. The van der Waals surface area contributed by atoms with E-state index in [0.29, 0.717) is 10.4 Å². The van der Waals surface area contributed by atoms with E-state index in [9.17, 15) is 14.9 Å². The molecule has 8 heteroatoms. The maximum Gasteiger partial charge on any atom is 0.272 e. The van der Waals surface area contributed by atoms with E-state index < -0.39 is 10.8 Å². The van der Waals surface area contributed by atoms with Crippen molar-refractivity contribution in [2.45, 2.75) is 0 Å². The second-order valence-electron chi connectivity index (χ2n) is 5.41. The topological polar surface area (TPSA) is 86.7 Å². The fraction of sp³-hybridized carbons (Fsp3) is 0.111. The summed E-state index contributed by atoms with van der Waals surface area (Å²) in [6, 6.07) is 11.7. The number of carbonyl (C=O) groups excluding carboxylic acids is 1. The number of thiazole rings is 1. The molecule has 0 aliphatic heterocycles. The van der Waals surface area contributed by atoms with Gasteiger partial charge in [0.15, 0.2) is 4.80 Å². The van der Waals surface area contributed by atoms with Crippen molar-refractivity contribution in [2.75, 3.05) is 7.11 Å². The highest BCUT2D eigenvalue weighted by Gasteiger charge is 2.06. The number of aryl methyl sites for hydroxylation is 1. The highest BCUT2D eigenvalue weighted by Crippen LogP contribution is 2.22. The molecule has 26 heavy (non-hydrogen) atoms. The molecule has 0 atom stereocenters. The van der Waals surface area contributed by atoms with Gasteiger partial charge < -0.3 is 9.30 Å². The number of carbonyl (C=O) groups is 1. The van der Waals surface area contributed by atoms with Crippen molar-refractivity contribution in [3.63, 3.8) is 0 Å². The number of rotatable bonds is 4. The number of nitro groups is 1. The molecule has 7 nitrogen and oxygen atoms in total. The molecule has 132 valence electrons. The van der Waals surface area contributed by atoms with Crippen LogP contribution in [0.25, 0.3) is 16.3 Å². The van der Waals surface area contributed by atoms with Crippen molar-refractivity contribution >= 4 is 39.2 Å². The summed E-state index contributed by atoms with van der Waals surface area (Å²) in [6.45, 7) is 0. The van der Waals surface area contributed by atoms with Gasteiger partial charge in [0.25, 0.3) is 11.6 Å². The van der Waals surface area contributed by atoms with Gasteiger partial charge in [-0.25, -0.2) is 0 Å². The van der Waals surface area contributed by atoms with Gasteiger partial charge in [-0.2, -0.15) is 4.99 Å². The highest BCUT2D eigenvalue weighted by atomic mass is 32.1. The van der Waals surface area contributed by atoms with Crippen molar-refractivity contribution in [3.05, 3.63) is 69.0 Å². The summed E-state index contributed by atoms with van der Waals surface area (Å²) in [6.07, 6.45) is 2.80. The fourth-order valence-corrected chi connectivity index (χ4v) is 3.44. The third-order valence-corrected chi connectivity index (χ3v) is 4.82. The predicted molar refractivity (Wildman–Crippen MR) is 100 cm³/mol. The molecule has 0 aliphatic carbocycles. The smallest absolute Gasteiger partial charge is 0.272 e. The Morgan fingerprint density at radius 3 is 2.85 bits per heavy atom. The normalized spacial score (nSPS) is 12.0. The summed E-state index contributed by atoms with van der Waals surface area (Å²) < 4.78 is 8.00. The van der Waals surface area contributed by atoms with Gasteiger partial charge in [0.2, 0.25) is 0 Å². The van der Waals surface area contributed by atoms with Crippen LogP contribution in [-0.4, -0.2) is 22.5 Å². The molecule has 0 N–H and O–H groups in total. The van der Waals surface area contributed by atoms with Gasteiger partial charge >= 0.3 is 0 Å². The van der Waals surface area contributed by atoms with E-state index >= 15 is 0 Å². The van der Waals surface area contributed by atoms with Crippen molar-refractivity contribution in [2.24, 2.45) is 12.0 Å². The van der Waals surface area contributed by atoms with Crippen LogP contribution in [0, 0.1) is 10.1 Å². The minimum Gasteiger partial charge on any atom is -0.497 e. The van der Waals surface area contributed by atoms with Crippen molar-refractivity contribution < 1.29 is 14.5 Å². The van der Waals surface area contributed by atoms with Gasteiger partial charge in [-0.15, -0.1) is 0 Å². The molecule has 1 heterocycles. The molecule has 0 radical (unpaired) electrons. The molecule has 3 aromatic rings. The van der Waals surface area contributed by atoms with Gasteiger partial charge in [0, 0.05) is 25.3 Å². The van der Waals surface area contributed by atoms with Crippen LogP contribution in [0.4, 0.5) is 5.69 Å². The van der Waals surface area contributed by atoms with Crippen molar-refractivity contribution in [3.8, 4) is 5.75 Å². The Balaban J connectivity index is 1.89. The summed E-state index contributed by atoms with van der Waals surface area (Å²) in [5.74, 6) is 0.299. The molecule has 0 saturated carbocycles.